The van der Waals surface area contributed by atoms with Crippen molar-refractivity contribution in [3.63, 3.8) is 0 Å². The smallest absolute Gasteiger partial charge is 1.00 e. The third kappa shape index (κ3) is 6.25. The van der Waals surface area contributed by atoms with Crippen LogP contribution in [-0.4, -0.2) is 0 Å². The van der Waals surface area contributed by atoms with E-state index in [0.717, 1.165) is 0 Å². The minimum Gasteiger partial charge on any atom is -1.00 e. The molecule has 0 aromatic heterocycles. The summed E-state index contributed by atoms with van der Waals surface area (Å²) in [5.74, 6) is 1.19. The SMILES string of the molecule is CC1=[C-]C(C)C(C)=C1C.Cc1[cH-]c2c(c1C)C(c1ccccc1)CCC2.[Cl-].[Cl-].[Zr+4]. The van der Waals surface area contributed by atoms with Gasteiger partial charge in [-0.1, -0.05) is 95.7 Å². The number of halogens is 2. The number of benzene rings is 1. The van der Waals surface area contributed by atoms with Gasteiger partial charge in [-0.3, -0.25) is 6.08 Å². The molecule has 0 spiro atoms. The molecule has 3 heteroatoms. The number of fused-ring (bicyclic) bond motifs is 1. The van der Waals surface area contributed by atoms with Crippen LogP contribution in [0.15, 0.2) is 53.1 Å². The van der Waals surface area contributed by atoms with Crippen molar-refractivity contribution >= 4 is 0 Å². The van der Waals surface area contributed by atoms with Gasteiger partial charge in [0.1, 0.15) is 0 Å². The van der Waals surface area contributed by atoms with E-state index in [1.54, 1.807) is 11.1 Å². The van der Waals surface area contributed by atoms with Gasteiger partial charge in [-0.15, -0.1) is 6.92 Å². The average molecular weight is 507 g/mol. The number of hydrogen-bond acceptors (Lipinski definition) is 0. The van der Waals surface area contributed by atoms with Crippen molar-refractivity contribution in [1.29, 1.82) is 0 Å². The molecule has 0 radical (unpaired) electrons. The number of rotatable bonds is 1. The van der Waals surface area contributed by atoms with Gasteiger partial charge in [-0.2, -0.15) is 39.5 Å². The number of allylic oxidation sites excluding steroid dienone is 4. The van der Waals surface area contributed by atoms with Crippen molar-refractivity contribution in [3.05, 3.63) is 87.0 Å². The summed E-state index contributed by atoms with van der Waals surface area (Å²) < 4.78 is 0. The van der Waals surface area contributed by atoms with Gasteiger partial charge in [0.15, 0.2) is 0 Å². The molecule has 2 aliphatic rings. The van der Waals surface area contributed by atoms with E-state index in [1.807, 2.05) is 0 Å². The Labute approximate surface area is 209 Å². The van der Waals surface area contributed by atoms with Gasteiger partial charge in [0.05, 0.1) is 0 Å². The fraction of sp³-hybridized carbons (Fsp3) is 0.423. The molecule has 0 fully saturated rings. The van der Waals surface area contributed by atoms with E-state index in [-0.39, 0.29) is 51.0 Å². The summed E-state index contributed by atoms with van der Waals surface area (Å²) in [6.45, 7) is 13.2. The molecule has 0 nitrogen and oxygen atoms in total. The van der Waals surface area contributed by atoms with Crippen LogP contribution < -0.4 is 24.8 Å². The van der Waals surface area contributed by atoms with Crippen LogP contribution >= 0.6 is 0 Å². The molecule has 0 N–H and O–H groups in total. The molecule has 0 aliphatic heterocycles. The Kier molecular flexibility index (Phi) is 12.2. The molecule has 0 saturated carbocycles. The molecule has 0 bridgehead atoms. The van der Waals surface area contributed by atoms with Crippen LogP contribution in [0.1, 0.15) is 74.3 Å². The summed E-state index contributed by atoms with van der Waals surface area (Å²) in [7, 11) is 0. The van der Waals surface area contributed by atoms with E-state index in [1.165, 1.54) is 52.7 Å². The normalized spacial score (nSPS) is 19.6. The van der Waals surface area contributed by atoms with Gasteiger partial charge in [0, 0.05) is 0 Å². The van der Waals surface area contributed by atoms with E-state index in [9.17, 15) is 0 Å². The van der Waals surface area contributed by atoms with E-state index in [2.05, 4.69) is 84.0 Å². The standard InChI is InChI=1S/C17H19.C9H13.2ClH.Zr/c1-12-11-15-9-6-10-16(17(15)13(12)2)14-7-4-3-5-8-14;1-6-5-7(2)9(4)8(6)3;;;/h3-5,7-8,11,16H,6,9-10H2,1-2H3;6H,1-4H3;2*1H;/q2*-1;;;+4/p-2. The van der Waals surface area contributed by atoms with Crippen molar-refractivity contribution in [2.45, 2.75) is 66.7 Å². The Hall–Kier alpha value is -0.487. The second-order valence-electron chi connectivity index (χ2n) is 8.05. The van der Waals surface area contributed by atoms with Crippen molar-refractivity contribution in [2.24, 2.45) is 5.92 Å². The molecular weight excluding hydrogens is 474 g/mol. The van der Waals surface area contributed by atoms with Crippen LogP contribution in [0.5, 0.6) is 0 Å². The molecule has 0 heterocycles. The molecule has 2 atom stereocenters. The minimum atomic E-state index is 0. The zero-order valence-corrected chi connectivity index (χ0v) is 22.5. The first-order chi connectivity index (χ1) is 12.4. The first kappa shape index (κ1) is 28.5. The third-order valence-corrected chi connectivity index (χ3v) is 6.46. The predicted octanol–water partition coefficient (Wildman–Crippen LogP) is 1.22. The molecular formula is C26H32Cl2Zr. The predicted molar refractivity (Wildman–Crippen MR) is 113 cm³/mol. The summed E-state index contributed by atoms with van der Waals surface area (Å²) >= 11 is 0. The van der Waals surface area contributed by atoms with Gasteiger partial charge in [0.25, 0.3) is 0 Å². The van der Waals surface area contributed by atoms with Crippen LogP contribution in [0.3, 0.4) is 0 Å². The van der Waals surface area contributed by atoms with Crippen LogP contribution in [0.25, 0.3) is 0 Å². The molecule has 4 rings (SSSR count). The molecule has 0 amide bonds. The molecule has 0 saturated heterocycles. The van der Waals surface area contributed by atoms with Gasteiger partial charge in [0.2, 0.25) is 0 Å². The largest absolute Gasteiger partial charge is 4.00 e. The second kappa shape index (κ2) is 12.4. The summed E-state index contributed by atoms with van der Waals surface area (Å²) in [5, 5.41) is 0. The molecule has 2 aromatic carbocycles. The zero-order chi connectivity index (χ0) is 18.8. The summed E-state index contributed by atoms with van der Waals surface area (Å²) in [6, 6.07) is 13.4. The minimum absolute atomic E-state index is 0. The van der Waals surface area contributed by atoms with E-state index < -0.39 is 0 Å². The summed E-state index contributed by atoms with van der Waals surface area (Å²) in [5.41, 5.74) is 11.9. The van der Waals surface area contributed by atoms with Crippen molar-refractivity contribution in [2.75, 3.05) is 0 Å². The maximum absolute atomic E-state index is 3.36. The maximum Gasteiger partial charge on any atom is 4.00 e. The quantitative estimate of drug-likeness (QED) is 0.511. The fourth-order valence-electron chi connectivity index (χ4n) is 4.41. The molecule has 29 heavy (non-hydrogen) atoms. The Balaban J connectivity index is 0.000000569. The van der Waals surface area contributed by atoms with Crippen LogP contribution in [0.4, 0.5) is 0 Å². The first-order valence-corrected chi connectivity index (χ1v) is 9.98. The van der Waals surface area contributed by atoms with Gasteiger partial charge >= 0.3 is 26.2 Å². The van der Waals surface area contributed by atoms with Gasteiger partial charge < -0.3 is 24.8 Å². The molecule has 2 unspecified atom stereocenters. The Morgan fingerprint density at radius 1 is 0.966 bits per heavy atom. The topological polar surface area (TPSA) is 0 Å². The molecule has 2 aliphatic carbocycles. The van der Waals surface area contributed by atoms with Crippen molar-refractivity contribution in [3.8, 4) is 0 Å². The van der Waals surface area contributed by atoms with E-state index in [0.29, 0.717) is 11.8 Å². The number of aryl methyl sites for hydroxylation is 2. The van der Waals surface area contributed by atoms with Crippen LogP contribution in [0, 0.1) is 25.8 Å². The monoisotopic (exact) mass is 504 g/mol. The fourth-order valence-corrected chi connectivity index (χ4v) is 4.41. The van der Waals surface area contributed by atoms with Crippen LogP contribution in [0.2, 0.25) is 0 Å². The first-order valence-electron chi connectivity index (χ1n) is 9.98. The molecule has 154 valence electrons. The average Bonchev–Trinajstić information content (AvgIpc) is 3.06. The zero-order valence-electron chi connectivity index (χ0n) is 18.5. The van der Waals surface area contributed by atoms with Crippen LogP contribution in [-0.2, 0) is 32.6 Å². The number of hydrogen-bond donors (Lipinski definition) is 0. The summed E-state index contributed by atoms with van der Waals surface area (Å²) in [6.07, 6.45) is 7.27. The second-order valence-corrected chi connectivity index (χ2v) is 8.05. The van der Waals surface area contributed by atoms with Crippen molar-refractivity contribution < 1.29 is 51.0 Å². The maximum atomic E-state index is 3.36. The van der Waals surface area contributed by atoms with E-state index >= 15 is 0 Å². The Morgan fingerprint density at radius 3 is 2.07 bits per heavy atom. The van der Waals surface area contributed by atoms with Gasteiger partial charge in [-0.05, 0) is 5.92 Å². The van der Waals surface area contributed by atoms with Crippen molar-refractivity contribution in [1.82, 2.24) is 0 Å². The van der Waals surface area contributed by atoms with Gasteiger partial charge in [-0.25, -0.2) is 5.57 Å². The summed E-state index contributed by atoms with van der Waals surface area (Å²) in [4.78, 5) is 0. The van der Waals surface area contributed by atoms with E-state index in [4.69, 9.17) is 0 Å². The Bertz CT molecular complexity index is 843. The third-order valence-electron chi connectivity index (χ3n) is 6.46. The Morgan fingerprint density at radius 2 is 1.59 bits per heavy atom. The molecule has 2 aromatic rings.